The molecule has 0 spiro atoms. The molecule has 0 saturated carbocycles. The predicted octanol–water partition coefficient (Wildman–Crippen LogP) is 2.37. The maximum atomic E-state index is 4.47. The molecule has 2 nitrogen and oxygen atoms in total. The highest BCUT2D eigenvalue weighted by molar-refractivity contribution is 7.17. The van der Waals surface area contributed by atoms with E-state index in [1.54, 1.807) is 0 Å². The third-order valence-corrected chi connectivity index (χ3v) is 3.81. The Balaban J connectivity index is 2.11. The first-order chi connectivity index (χ1) is 6.95. The van der Waals surface area contributed by atoms with E-state index in [-0.39, 0.29) is 0 Å². The Morgan fingerprint density at radius 3 is 3.36 bits per heavy atom. The maximum absolute atomic E-state index is 4.47. The predicted molar refractivity (Wildman–Crippen MR) is 59.8 cm³/mol. The van der Waals surface area contributed by atoms with Crippen molar-refractivity contribution in [2.45, 2.75) is 12.3 Å². The van der Waals surface area contributed by atoms with E-state index in [4.69, 9.17) is 0 Å². The second-order valence-corrected chi connectivity index (χ2v) is 4.64. The minimum Gasteiger partial charge on any atom is -0.316 e. The van der Waals surface area contributed by atoms with Crippen molar-refractivity contribution in [2.75, 3.05) is 13.1 Å². The van der Waals surface area contributed by atoms with Crippen LogP contribution in [-0.2, 0) is 0 Å². The van der Waals surface area contributed by atoms with Crippen LogP contribution in [0.3, 0.4) is 0 Å². The van der Waals surface area contributed by atoms with Crippen molar-refractivity contribution < 1.29 is 0 Å². The van der Waals surface area contributed by atoms with Crippen LogP contribution in [0.15, 0.2) is 23.7 Å². The van der Waals surface area contributed by atoms with Crippen LogP contribution in [-0.4, -0.2) is 18.1 Å². The molecule has 1 N–H and O–H groups in total. The van der Waals surface area contributed by atoms with E-state index in [9.17, 15) is 0 Å². The van der Waals surface area contributed by atoms with E-state index in [1.165, 1.54) is 22.2 Å². The van der Waals surface area contributed by atoms with Crippen LogP contribution in [0.5, 0.6) is 0 Å². The van der Waals surface area contributed by atoms with Crippen LogP contribution in [0.2, 0.25) is 0 Å². The summed E-state index contributed by atoms with van der Waals surface area (Å²) >= 11 is 1.81. The summed E-state index contributed by atoms with van der Waals surface area (Å²) in [5.74, 6) is 0.679. The first-order valence-corrected chi connectivity index (χ1v) is 5.86. The summed E-state index contributed by atoms with van der Waals surface area (Å²) in [6.07, 6.45) is 3.14. The van der Waals surface area contributed by atoms with E-state index in [1.807, 2.05) is 23.6 Å². The summed E-state index contributed by atoms with van der Waals surface area (Å²) in [5.41, 5.74) is 2.65. The lowest BCUT2D eigenvalue weighted by Gasteiger charge is -2.05. The van der Waals surface area contributed by atoms with Crippen molar-refractivity contribution in [3.8, 4) is 0 Å². The number of thiophene rings is 1. The molecule has 1 unspecified atom stereocenters. The highest BCUT2D eigenvalue weighted by Gasteiger charge is 2.20. The molecule has 3 heterocycles. The van der Waals surface area contributed by atoms with Gasteiger partial charge in [0.25, 0.3) is 0 Å². The molecule has 0 amide bonds. The largest absolute Gasteiger partial charge is 0.316 e. The average Bonchev–Trinajstić information content (AvgIpc) is 2.85. The zero-order valence-electron chi connectivity index (χ0n) is 7.86. The quantitative estimate of drug-likeness (QED) is 0.771. The summed E-state index contributed by atoms with van der Waals surface area (Å²) < 4.78 is 1.31. The van der Waals surface area contributed by atoms with Crippen LogP contribution >= 0.6 is 11.3 Å². The zero-order valence-corrected chi connectivity index (χ0v) is 8.68. The molecule has 2 aromatic rings. The Morgan fingerprint density at radius 2 is 2.50 bits per heavy atom. The lowest BCUT2D eigenvalue weighted by atomic mass is 10.0. The molecular weight excluding hydrogens is 192 g/mol. The van der Waals surface area contributed by atoms with Crippen LogP contribution in [0.25, 0.3) is 10.2 Å². The molecule has 1 atom stereocenters. The SMILES string of the molecule is c1cnc2c(C3CCNC3)csc2c1. The van der Waals surface area contributed by atoms with Crippen molar-refractivity contribution in [2.24, 2.45) is 0 Å². The molecule has 1 aliphatic heterocycles. The van der Waals surface area contributed by atoms with E-state index in [0.717, 1.165) is 13.1 Å². The van der Waals surface area contributed by atoms with Crippen molar-refractivity contribution in [1.82, 2.24) is 10.3 Å². The van der Waals surface area contributed by atoms with Crippen molar-refractivity contribution in [3.05, 3.63) is 29.3 Å². The molecule has 2 aromatic heterocycles. The van der Waals surface area contributed by atoms with Gasteiger partial charge in [0.1, 0.15) is 0 Å². The van der Waals surface area contributed by atoms with Crippen LogP contribution < -0.4 is 5.32 Å². The number of nitrogens with zero attached hydrogens (tertiary/aromatic N) is 1. The van der Waals surface area contributed by atoms with Gasteiger partial charge < -0.3 is 5.32 Å². The normalized spacial score (nSPS) is 21.9. The number of rotatable bonds is 1. The molecule has 14 heavy (non-hydrogen) atoms. The number of fused-ring (bicyclic) bond motifs is 1. The third-order valence-electron chi connectivity index (χ3n) is 2.86. The summed E-state index contributed by atoms with van der Waals surface area (Å²) in [6, 6.07) is 4.16. The fourth-order valence-electron chi connectivity index (χ4n) is 2.09. The molecule has 3 rings (SSSR count). The first-order valence-electron chi connectivity index (χ1n) is 4.98. The molecule has 1 fully saturated rings. The summed E-state index contributed by atoms with van der Waals surface area (Å²) in [7, 11) is 0. The van der Waals surface area contributed by atoms with E-state index < -0.39 is 0 Å². The van der Waals surface area contributed by atoms with Gasteiger partial charge in [-0.2, -0.15) is 0 Å². The second kappa shape index (κ2) is 3.33. The number of aromatic nitrogens is 1. The molecule has 72 valence electrons. The fourth-order valence-corrected chi connectivity index (χ4v) is 3.09. The minimum absolute atomic E-state index is 0.679. The lowest BCUT2D eigenvalue weighted by molar-refractivity contribution is 0.771. The number of hydrogen-bond donors (Lipinski definition) is 1. The van der Waals surface area contributed by atoms with Gasteiger partial charge in [0.15, 0.2) is 0 Å². The maximum Gasteiger partial charge on any atom is 0.0844 e. The topological polar surface area (TPSA) is 24.9 Å². The monoisotopic (exact) mass is 204 g/mol. The summed E-state index contributed by atoms with van der Waals surface area (Å²) in [5, 5.41) is 5.68. The van der Waals surface area contributed by atoms with Crippen molar-refractivity contribution in [3.63, 3.8) is 0 Å². The highest BCUT2D eigenvalue weighted by Crippen LogP contribution is 2.32. The van der Waals surface area contributed by atoms with Gasteiger partial charge in [0.2, 0.25) is 0 Å². The Labute approximate surface area is 87.0 Å². The average molecular weight is 204 g/mol. The Kier molecular flexibility index (Phi) is 2.00. The second-order valence-electron chi connectivity index (χ2n) is 3.73. The van der Waals surface area contributed by atoms with Gasteiger partial charge >= 0.3 is 0 Å². The van der Waals surface area contributed by atoms with Gasteiger partial charge in [-0.25, -0.2) is 0 Å². The molecule has 3 heteroatoms. The van der Waals surface area contributed by atoms with Gasteiger partial charge in [0.05, 0.1) is 10.2 Å². The smallest absolute Gasteiger partial charge is 0.0844 e. The van der Waals surface area contributed by atoms with Gasteiger partial charge in [0, 0.05) is 18.7 Å². The number of hydrogen-bond acceptors (Lipinski definition) is 3. The van der Waals surface area contributed by atoms with Gasteiger partial charge in [-0.3, -0.25) is 4.98 Å². The van der Waals surface area contributed by atoms with Gasteiger partial charge in [-0.15, -0.1) is 11.3 Å². The third kappa shape index (κ3) is 1.24. The molecule has 0 bridgehead atoms. The minimum atomic E-state index is 0.679. The van der Waals surface area contributed by atoms with E-state index in [2.05, 4.69) is 21.7 Å². The van der Waals surface area contributed by atoms with E-state index in [0.29, 0.717) is 5.92 Å². The first kappa shape index (κ1) is 8.38. The Bertz CT molecular complexity index is 443. The molecule has 1 aliphatic rings. The van der Waals surface area contributed by atoms with Crippen molar-refractivity contribution in [1.29, 1.82) is 0 Å². The Morgan fingerprint density at radius 1 is 1.50 bits per heavy atom. The van der Waals surface area contributed by atoms with E-state index >= 15 is 0 Å². The van der Waals surface area contributed by atoms with Crippen LogP contribution in [0.1, 0.15) is 17.9 Å². The number of pyridine rings is 1. The summed E-state index contributed by atoms with van der Waals surface area (Å²) in [4.78, 5) is 4.47. The van der Waals surface area contributed by atoms with Gasteiger partial charge in [-0.05, 0) is 36.0 Å². The van der Waals surface area contributed by atoms with Crippen LogP contribution in [0, 0.1) is 0 Å². The standard InChI is InChI=1S/C11H12N2S/c1-2-10-11(13-4-1)9(7-14-10)8-3-5-12-6-8/h1-2,4,7-8,12H,3,5-6H2. The lowest BCUT2D eigenvalue weighted by Crippen LogP contribution is -2.07. The number of nitrogens with one attached hydrogen (secondary N) is 1. The molecule has 1 saturated heterocycles. The highest BCUT2D eigenvalue weighted by atomic mass is 32.1. The Hall–Kier alpha value is -0.930. The zero-order chi connectivity index (χ0) is 9.38. The fraction of sp³-hybridized carbons (Fsp3) is 0.364. The van der Waals surface area contributed by atoms with Gasteiger partial charge in [-0.1, -0.05) is 0 Å². The molecular formula is C11H12N2S. The van der Waals surface area contributed by atoms with Crippen molar-refractivity contribution >= 4 is 21.6 Å². The molecule has 0 aliphatic carbocycles. The summed E-state index contributed by atoms with van der Waals surface area (Å²) in [6.45, 7) is 2.26. The molecule has 0 radical (unpaired) electrons. The molecule has 0 aromatic carbocycles. The van der Waals surface area contributed by atoms with Crippen LogP contribution in [0.4, 0.5) is 0 Å².